The number of benzene rings is 2. The summed E-state index contributed by atoms with van der Waals surface area (Å²) in [4.78, 5) is 14.8. The molecule has 1 saturated heterocycles. The number of anilines is 1. The molecule has 1 amide bonds. The van der Waals surface area contributed by atoms with Crippen LogP contribution in [-0.2, 0) is 16.1 Å². The summed E-state index contributed by atoms with van der Waals surface area (Å²) in [6, 6.07) is 15.3. The van der Waals surface area contributed by atoms with Gasteiger partial charge < -0.3 is 19.7 Å². The Morgan fingerprint density at radius 3 is 2.44 bits per heavy atom. The van der Waals surface area contributed by atoms with E-state index in [2.05, 4.69) is 22.3 Å². The molecular weight excluding hydrogens is 364 g/mol. The van der Waals surface area contributed by atoms with E-state index in [-0.39, 0.29) is 5.91 Å². The lowest BCUT2D eigenvalue weighted by Crippen LogP contribution is -2.37. The number of hydrogen-bond acceptors (Lipinski definition) is 4. The summed E-state index contributed by atoms with van der Waals surface area (Å²) < 4.78 is 11.2. The van der Waals surface area contributed by atoms with Crippen molar-refractivity contribution in [2.45, 2.75) is 26.0 Å². The predicted octanol–water partition coefficient (Wildman–Crippen LogP) is 3.65. The zero-order chi connectivity index (χ0) is 19.1. The third-order valence-corrected chi connectivity index (χ3v) is 4.79. The summed E-state index contributed by atoms with van der Waals surface area (Å²) >= 11 is 5.88. The van der Waals surface area contributed by atoms with E-state index in [0.717, 1.165) is 31.9 Å². The monoisotopic (exact) mass is 388 g/mol. The molecule has 1 aliphatic rings. The Bertz CT molecular complexity index is 728. The van der Waals surface area contributed by atoms with Gasteiger partial charge in [-0.3, -0.25) is 4.79 Å². The number of hydrogen-bond donors (Lipinski definition) is 1. The van der Waals surface area contributed by atoms with Crippen LogP contribution in [0.5, 0.6) is 5.75 Å². The topological polar surface area (TPSA) is 50.8 Å². The van der Waals surface area contributed by atoms with Crippen LogP contribution in [0.15, 0.2) is 48.5 Å². The molecule has 0 aromatic heterocycles. The van der Waals surface area contributed by atoms with Crippen LogP contribution in [0.1, 0.15) is 18.9 Å². The van der Waals surface area contributed by atoms with Crippen molar-refractivity contribution < 1.29 is 14.3 Å². The van der Waals surface area contributed by atoms with Crippen molar-refractivity contribution in [2.75, 3.05) is 31.2 Å². The molecule has 2 aromatic carbocycles. The Hall–Kier alpha value is -2.24. The molecule has 1 heterocycles. The van der Waals surface area contributed by atoms with Crippen LogP contribution in [0.3, 0.4) is 0 Å². The Kier molecular flexibility index (Phi) is 6.96. The molecule has 6 heteroatoms. The molecule has 0 radical (unpaired) electrons. The van der Waals surface area contributed by atoms with Gasteiger partial charge in [-0.25, -0.2) is 0 Å². The summed E-state index contributed by atoms with van der Waals surface area (Å²) in [6.45, 7) is 5.76. The van der Waals surface area contributed by atoms with Gasteiger partial charge in [-0.1, -0.05) is 30.7 Å². The van der Waals surface area contributed by atoms with Gasteiger partial charge in [-0.05, 0) is 48.4 Å². The Morgan fingerprint density at radius 1 is 1.15 bits per heavy atom. The molecule has 2 aromatic rings. The largest absolute Gasteiger partial charge is 0.481 e. The highest BCUT2D eigenvalue weighted by Crippen LogP contribution is 2.18. The van der Waals surface area contributed by atoms with Crippen LogP contribution in [0.25, 0.3) is 0 Å². The lowest BCUT2D eigenvalue weighted by atomic mass is 10.1. The third kappa shape index (κ3) is 5.62. The molecular formula is C21H25ClN2O3. The lowest BCUT2D eigenvalue weighted by molar-refractivity contribution is -0.128. The van der Waals surface area contributed by atoms with E-state index in [1.165, 1.54) is 5.69 Å². The molecule has 1 fully saturated rings. The fourth-order valence-electron chi connectivity index (χ4n) is 2.95. The maximum Gasteiger partial charge on any atom is 0.261 e. The summed E-state index contributed by atoms with van der Waals surface area (Å²) in [5, 5.41) is 3.60. The number of carbonyl (C=O) groups excluding carboxylic acids is 1. The van der Waals surface area contributed by atoms with Crippen LogP contribution in [0, 0.1) is 0 Å². The third-order valence-electron chi connectivity index (χ3n) is 4.53. The molecule has 5 nitrogen and oxygen atoms in total. The summed E-state index contributed by atoms with van der Waals surface area (Å²) in [7, 11) is 0. The molecule has 0 bridgehead atoms. The Balaban J connectivity index is 1.51. The van der Waals surface area contributed by atoms with Crippen molar-refractivity contribution in [3.05, 3.63) is 59.1 Å². The van der Waals surface area contributed by atoms with Crippen LogP contribution in [0.2, 0.25) is 5.02 Å². The van der Waals surface area contributed by atoms with Crippen molar-refractivity contribution in [3.8, 4) is 5.75 Å². The predicted molar refractivity (Wildman–Crippen MR) is 107 cm³/mol. The van der Waals surface area contributed by atoms with E-state index in [9.17, 15) is 4.79 Å². The zero-order valence-electron chi connectivity index (χ0n) is 15.5. The molecule has 1 N–H and O–H groups in total. The van der Waals surface area contributed by atoms with E-state index >= 15 is 0 Å². The van der Waals surface area contributed by atoms with Crippen LogP contribution >= 0.6 is 11.6 Å². The number of halogens is 1. The molecule has 0 unspecified atom stereocenters. The second kappa shape index (κ2) is 9.62. The van der Waals surface area contributed by atoms with Crippen molar-refractivity contribution >= 4 is 23.2 Å². The fourth-order valence-corrected chi connectivity index (χ4v) is 3.07. The maximum absolute atomic E-state index is 12.4. The van der Waals surface area contributed by atoms with Gasteiger partial charge in [0.1, 0.15) is 5.75 Å². The van der Waals surface area contributed by atoms with Crippen molar-refractivity contribution in [2.24, 2.45) is 0 Å². The first-order valence-electron chi connectivity index (χ1n) is 9.27. The second-order valence-electron chi connectivity index (χ2n) is 6.45. The molecule has 3 rings (SSSR count). The minimum absolute atomic E-state index is 0.121. The van der Waals surface area contributed by atoms with Gasteiger partial charge in [0.2, 0.25) is 0 Å². The van der Waals surface area contributed by atoms with Gasteiger partial charge >= 0.3 is 0 Å². The van der Waals surface area contributed by atoms with E-state index in [1.54, 1.807) is 24.3 Å². The van der Waals surface area contributed by atoms with E-state index < -0.39 is 6.10 Å². The smallest absolute Gasteiger partial charge is 0.261 e. The zero-order valence-corrected chi connectivity index (χ0v) is 16.2. The van der Waals surface area contributed by atoms with Crippen LogP contribution in [-0.4, -0.2) is 38.3 Å². The second-order valence-corrected chi connectivity index (χ2v) is 6.89. The fraction of sp³-hybridized carbons (Fsp3) is 0.381. The standard InChI is InChI=1S/C21H25ClN2O3/c1-2-20(27-19-9-5-17(22)6-10-19)21(25)23-15-16-3-7-18(8-4-16)24-11-13-26-14-12-24/h3-10,20H,2,11-15H2,1H3,(H,23,25)/t20-/m1/s1. The van der Waals surface area contributed by atoms with Gasteiger partial charge in [0.15, 0.2) is 6.10 Å². The quantitative estimate of drug-likeness (QED) is 0.786. The van der Waals surface area contributed by atoms with Gasteiger partial charge in [0.25, 0.3) is 5.91 Å². The number of ether oxygens (including phenoxy) is 2. The molecule has 27 heavy (non-hydrogen) atoms. The Labute approximate surface area is 165 Å². The normalized spacial score (nSPS) is 15.3. The SMILES string of the molecule is CC[C@@H](Oc1ccc(Cl)cc1)C(=O)NCc1ccc(N2CCOCC2)cc1. The van der Waals surface area contributed by atoms with Crippen molar-refractivity contribution in [3.63, 3.8) is 0 Å². The summed E-state index contributed by atoms with van der Waals surface area (Å²) in [5.41, 5.74) is 2.24. The number of morpholine rings is 1. The number of nitrogens with zero attached hydrogens (tertiary/aromatic N) is 1. The minimum Gasteiger partial charge on any atom is -0.481 e. The van der Waals surface area contributed by atoms with E-state index in [1.807, 2.05) is 19.1 Å². The average Bonchev–Trinajstić information content (AvgIpc) is 2.72. The molecule has 1 atom stereocenters. The van der Waals surface area contributed by atoms with Crippen LogP contribution < -0.4 is 15.0 Å². The maximum atomic E-state index is 12.4. The molecule has 1 aliphatic heterocycles. The number of carbonyl (C=O) groups is 1. The van der Waals surface area contributed by atoms with Crippen LogP contribution in [0.4, 0.5) is 5.69 Å². The van der Waals surface area contributed by atoms with Gasteiger partial charge in [0, 0.05) is 30.3 Å². The summed E-state index contributed by atoms with van der Waals surface area (Å²) in [5.74, 6) is 0.515. The lowest BCUT2D eigenvalue weighted by Gasteiger charge is -2.29. The molecule has 0 spiro atoms. The van der Waals surface area contributed by atoms with E-state index in [4.69, 9.17) is 21.1 Å². The molecule has 0 aliphatic carbocycles. The first kappa shape index (κ1) is 19.5. The van der Waals surface area contributed by atoms with Gasteiger partial charge in [-0.15, -0.1) is 0 Å². The van der Waals surface area contributed by atoms with Crippen molar-refractivity contribution in [1.82, 2.24) is 5.32 Å². The number of rotatable bonds is 7. The van der Waals surface area contributed by atoms with Crippen molar-refractivity contribution in [1.29, 1.82) is 0 Å². The molecule has 0 saturated carbocycles. The highest BCUT2D eigenvalue weighted by molar-refractivity contribution is 6.30. The highest BCUT2D eigenvalue weighted by Gasteiger charge is 2.18. The highest BCUT2D eigenvalue weighted by atomic mass is 35.5. The minimum atomic E-state index is -0.529. The average molecular weight is 389 g/mol. The van der Waals surface area contributed by atoms with E-state index in [0.29, 0.717) is 23.7 Å². The number of amides is 1. The first-order chi connectivity index (χ1) is 13.2. The summed E-state index contributed by atoms with van der Waals surface area (Å²) in [6.07, 6.45) is 0.0588. The molecule has 144 valence electrons. The first-order valence-corrected chi connectivity index (χ1v) is 9.65. The Morgan fingerprint density at radius 2 is 1.81 bits per heavy atom. The number of nitrogens with one attached hydrogen (secondary N) is 1. The van der Waals surface area contributed by atoms with Gasteiger partial charge in [-0.2, -0.15) is 0 Å². The van der Waals surface area contributed by atoms with Gasteiger partial charge in [0.05, 0.1) is 13.2 Å².